The molecular formula is C10H15N3. The Labute approximate surface area is 78.0 Å². The van der Waals surface area contributed by atoms with Crippen molar-refractivity contribution in [1.29, 1.82) is 0 Å². The summed E-state index contributed by atoms with van der Waals surface area (Å²) in [5.74, 6) is 2.80. The van der Waals surface area contributed by atoms with Crippen LogP contribution in [0.2, 0.25) is 0 Å². The lowest BCUT2D eigenvalue weighted by molar-refractivity contribution is 0.564. The van der Waals surface area contributed by atoms with E-state index in [1.54, 1.807) is 6.20 Å². The summed E-state index contributed by atoms with van der Waals surface area (Å²) >= 11 is 0. The van der Waals surface area contributed by atoms with Crippen LogP contribution in [0.3, 0.4) is 0 Å². The maximum atomic E-state index is 4.21. The maximum Gasteiger partial charge on any atom is 0.200 e. The minimum absolute atomic E-state index is 0.700. The molecule has 2 fully saturated rings. The van der Waals surface area contributed by atoms with Crippen molar-refractivity contribution in [1.82, 2.24) is 9.97 Å². The van der Waals surface area contributed by atoms with E-state index in [0.29, 0.717) is 6.04 Å². The van der Waals surface area contributed by atoms with E-state index in [-0.39, 0.29) is 0 Å². The molecule has 1 heterocycles. The quantitative estimate of drug-likeness (QED) is 0.738. The molecule has 2 N–H and O–H groups in total. The first kappa shape index (κ1) is 7.42. The molecule has 0 unspecified atom stereocenters. The molecule has 70 valence electrons. The van der Waals surface area contributed by atoms with Crippen molar-refractivity contribution in [2.24, 2.45) is 11.8 Å². The molecule has 1 aromatic heterocycles. The number of nitrogens with one attached hydrogen (secondary N) is 2. The second-order valence-electron chi connectivity index (χ2n) is 4.28. The Morgan fingerprint density at radius 3 is 2.46 bits per heavy atom. The number of anilines is 1. The molecular weight excluding hydrogens is 162 g/mol. The predicted octanol–water partition coefficient (Wildman–Crippen LogP) is 2.01. The number of rotatable bonds is 4. The Balaban J connectivity index is 1.67. The third kappa shape index (κ3) is 1.55. The van der Waals surface area contributed by atoms with Crippen LogP contribution in [0.5, 0.6) is 0 Å². The first-order valence-electron chi connectivity index (χ1n) is 5.19. The van der Waals surface area contributed by atoms with Crippen molar-refractivity contribution >= 4 is 5.95 Å². The lowest BCUT2D eigenvalue weighted by Crippen LogP contribution is -2.24. The zero-order chi connectivity index (χ0) is 8.67. The summed E-state index contributed by atoms with van der Waals surface area (Å²) in [6, 6.07) is 0.700. The standard InChI is InChI=1S/C10H15N3/c1-2-7(1)9(8-3-4-8)13-10-11-5-6-12-10/h5-9H,1-4H2,(H2,11,12,13). The zero-order valence-corrected chi connectivity index (χ0v) is 7.66. The molecule has 2 aliphatic rings. The number of aromatic nitrogens is 2. The van der Waals surface area contributed by atoms with E-state index in [0.717, 1.165) is 17.8 Å². The highest BCUT2D eigenvalue weighted by Crippen LogP contribution is 2.45. The number of aromatic amines is 1. The molecule has 1 aromatic rings. The van der Waals surface area contributed by atoms with Crippen LogP contribution in [0.4, 0.5) is 5.95 Å². The molecule has 13 heavy (non-hydrogen) atoms. The van der Waals surface area contributed by atoms with E-state index in [9.17, 15) is 0 Å². The average Bonchev–Trinajstić information content (AvgIpc) is 3.04. The van der Waals surface area contributed by atoms with Gasteiger partial charge in [-0.25, -0.2) is 4.98 Å². The van der Waals surface area contributed by atoms with Crippen LogP contribution in [-0.4, -0.2) is 16.0 Å². The molecule has 3 nitrogen and oxygen atoms in total. The lowest BCUT2D eigenvalue weighted by Gasteiger charge is -2.16. The van der Waals surface area contributed by atoms with Crippen molar-refractivity contribution in [2.75, 3.05) is 5.32 Å². The lowest BCUT2D eigenvalue weighted by atomic mass is 10.1. The van der Waals surface area contributed by atoms with Gasteiger partial charge in [0, 0.05) is 18.4 Å². The van der Waals surface area contributed by atoms with Gasteiger partial charge in [0.2, 0.25) is 0 Å². The van der Waals surface area contributed by atoms with Crippen molar-refractivity contribution in [3.63, 3.8) is 0 Å². The van der Waals surface area contributed by atoms with Gasteiger partial charge in [-0.1, -0.05) is 0 Å². The van der Waals surface area contributed by atoms with Gasteiger partial charge in [0.05, 0.1) is 0 Å². The Morgan fingerprint density at radius 1 is 1.31 bits per heavy atom. The number of H-pyrrole nitrogens is 1. The fourth-order valence-electron chi connectivity index (χ4n) is 2.03. The largest absolute Gasteiger partial charge is 0.353 e. The van der Waals surface area contributed by atoms with E-state index in [4.69, 9.17) is 0 Å². The monoisotopic (exact) mass is 177 g/mol. The van der Waals surface area contributed by atoms with Gasteiger partial charge in [-0.15, -0.1) is 0 Å². The molecule has 0 saturated heterocycles. The summed E-state index contributed by atoms with van der Waals surface area (Å²) in [7, 11) is 0. The molecule has 0 atom stereocenters. The minimum Gasteiger partial charge on any atom is -0.353 e. The molecule has 0 aromatic carbocycles. The van der Waals surface area contributed by atoms with Crippen molar-refractivity contribution in [3.8, 4) is 0 Å². The predicted molar refractivity (Wildman–Crippen MR) is 51.4 cm³/mol. The molecule has 0 radical (unpaired) electrons. The fourth-order valence-corrected chi connectivity index (χ4v) is 2.03. The van der Waals surface area contributed by atoms with Gasteiger partial charge in [0.25, 0.3) is 0 Å². The van der Waals surface area contributed by atoms with Crippen LogP contribution < -0.4 is 5.32 Å². The van der Waals surface area contributed by atoms with Crippen LogP contribution in [-0.2, 0) is 0 Å². The molecule has 2 saturated carbocycles. The number of hydrogen-bond acceptors (Lipinski definition) is 2. The van der Waals surface area contributed by atoms with Gasteiger partial charge in [0.1, 0.15) is 0 Å². The third-order valence-corrected chi connectivity index (χ3v) is 3.06. The van der Waals surface area contributed by atoms with Gasteiger partial charge >= 0.3 is 0 Å². The van der Waals surface area contributed by atoms with Crippen molar-refractivity contribution < 1.29 is 0 Å². The summed E-state index contributed by atoms with van der Waals surface area (Å²) in [5.41, 5.74) is 0. The van der Waals surface area contributed by atoms with Crippen LogP contribution >= 0.6 is 0 Å². The maximum absolute atomic E-state index is 4.21. The highest BCUT2D eigenvalue weighted by Gasteiger charge is 2.41. The van der Waals surface area contributed by atoms with Crippen LogP contribution in [0.15, 0.2) is 12.4 Å². The smallest absolute Gasteiger partial charge is 0.200 e. The summed E-state index contributed by atoms with van der Waals surface area (Å²) in [4.78, 5) is 7.32. The second kappa shape index (κ2) is 2.76. The van der Waals surface area contributed by atoms with Crippen molar-refractivity contribution in [2.45, 2.75) is 31.7 Å². The van der Waals surface area contributed by atoms with E-state index in [2.05, 4.69) is 15.3 Å². The van der Waals surface area contributed by atoms with Gasteiger partial charge < -0.3 is 10.3 Å². The van der Waals surface area contributed by atoms with E-state index < -0.39 is 0 Å². The SMILES string of the molecule is c1c[nH]c(NC(C2CC2)C2CC2)n1. The Morgan fingerprint density at radius 2 is 2.00 bits per heavy atom. The molecule has 0 spiro atoms. The van der Waals surface area contributed by atoms with Crippen LogP contribution in [0.25, 0.3) is 0 Å². The van der Waals surface area contributed by atoms with Crippen LogP contribution in [0, 0.1) is 11.8 Å². The number of imidazole rings is 1. The summed E-state index contributed by atoms with van der Waals surface area (Å²) in [6.45, 7) is 0. The van der Waals surface area contributed by atoms with Crippen molar-refractivity contribution in [3.05, 3.63) is 12.4 Å². The fraction of sp³-hybridized carbons (Fsp3) is 0.700. The molecule has 0 amide bonds. The number of hydrogen-bond donors (Lipinski definition) is 2. The summed E-state index contributed by atoms with van der Waals surface area (Å²) in [5, 5.41) is 3.52. The van der Waals surface area contributed by atoms with Gasteiger partial charge in [-0.05, 0) is 37.5 Å². The molecule has 3 rings (SSSR count). The average molecular weight is 177 g/mol. The van der Waals surface area contributed by atoms with E-state index >= 15 is 0 Å². The Bertz CT molecular complexity index is 260. The molecule has 0 aliphatic heterocycles. The first-order chi connectivity index (χ1) is 6.43. The topological polar surface area (TPSA) is 40.7 Å². The Kier molecular flexibility index (Phi) is 1.57. The van der Waals surface area contributed by atoms with Gasteiger partial charge in [-0.3, -0.25) is 0 Å². The highest BCUT2D eigenvalue weighted by molar-refractivity contribution is 5.27. The summed E-state index contributed by atoms with van der Waals surface area (Å²) in [6.07, 6.45) is 9.33. The zero-order valence-electron chi connectivity index (χ0n) is 7.66. The van der Waals surface area contributed by atoms with E-state index in [1.165, 1.54) is 25.7 Å². The molecule has 2 aliphatic carbocycles. The van der Waals surface area contributed by atoms with Crippen LogP contribution in [0.1, 0.15) is 25.7 Å². The highest BCUT2D eigenvalue weighted by atomic mass is 15.1. The van der Waals surface area contributed by atoms with Gasteiger partial charge in [0.15, 0.2) is 5.95 Å². The molecule has 3 heteroatoms. The third-order valence-electron chi connectivity index (χ3n) is 3.06. The summed E-state index contributed by atoms with van der Waals surface area (Å²) < 4.78 is 0. The van der Waals surface area contributed by atoms with E-state index in [1.807, 2.05) is 6.20 Å². The minimum atomic E-state index is 0.700. The Hall–Kier alpha value is -0.990. The molecule has 0 bridgehead atoms. The normalized spacial score (nSPS) is 22.2. The first-order valence-corrected chi connectivity index (χ1v) is 5.19. The van der Waals surface area contributed by atoms with Gasteiger partial charge in [-0.2, -0.15) is 0 Å². The number of nitrogens with zero attached hydrogens (tertiary/aromatic N) is 1. The second-order valence-corrected chi connectivity index (χ2v) is 4.28.